The number of likely N-dealkylation sites (tertiary alicyclic amines) is 1. The summed E-state index contributed by atoms with van der Waals surface area (Å²) in [5.74, 6) is -2.67. The Labute approximate surface area is 225 Å². The number of likely N-dealkylation sites (N-methyl/N-ethyl adjacent to an activating group) is 1. The summed E-state index contributed by atoms with van der Waals surface area (Å²) in [6, 6.07) is -2.44. The number of primary amides is 1. The van der Waals surface area contributed by atoms with E-state index in [2.05, 4.69) is 5.32 Å². The lowest BCUT2D eigenvalue weighted by atomic mass is 9.99. The molecule has 3 N–H and O–H groups in total. The van der Waals surface area contributed by atoms with Crippen molar-refractivity contribution in [2.45, 2.75) is 110 Å². The zero-order valence-corrected chi connectivity index (χ0v) is 23.4. The molecule has 2 fully saturated rings. The number of Topliss-reactive ketones (excluding diaryl/α,β-unsaturated/α-hetero) is 1. The number of carbonyl (C=O) groups excluding carboxylic acids is 6. The van der Waals surface area contributed by atoms with E-state index in [1.807, 2.05) is 13.8 Å². The first kappa shape index (κ1) is 31.2. The summed E-state index contributed by atoms with van der Waals surface area (Å²) in [6.45, 7) is 7.15. The molecule has 1 saturated heterocycles. The summed E-state index contributed by atoms with van der Waals surface area (Å²) < 4.78 is 5.43. The Bertz CT molecular complexity index is 900. The van der Waals surface area contributed by atoms with E-state index in [0.717, 1.165) is 25.7 Å². The van der Waals surface area contributed by atoms with E-state index < -0.39 is 42.0 Å². The lowest BCUT2D eigenvalue weighted by molar-refractivity contribution is -0.163. The average Bonchev–Trinajstić information content (AvgIpc) is 3.55. The Morgan fingerprint density at radius 2 is 1.66 bits per heavy atom. The van der Waals surface area contributed by atoms with E-state index in [1.165, 1.54) is 23.6 Å². The number of ether oxygens (including phenoxy) is 1. The molecule has 1 heterocycles. The number of nitrogens with two attached hydrogens (primary N) is 1. The first-order valence-electron chi connectivity index (χ1n) is 13.7. The Balaban J connectivity index is 2.07. The molecule has 0 radical (unpaired) electrons. The van der Waals surface area contributed by atoms with Crippen LogP contribution in [0.1, 0.15) is 85.5 Å². The van der Waals surface area contributed by atoms with Gasteiger partial charge in [-0.05, 0) is 58.3 Å². The van der Waals surface area contributed by atoms with Gasteiger partial charge < -0.3 is 25.6 Å². The topological polar surface area (TPSA) is 156 Å². The molecule has 2 rings (SSSR count). The molecule has 11 nitrogen and oxygen atoms in total. The lowest BCUT2D eigenvalue weighted by Crippen LogP contribution is -2.53. The predicted octanol–water partition coefficient (Wildman–Crippen LogP) is 1.31. The predicted molar refractivity (Wildman–Crippen MR) is 139 cm³/mol. The SMILES string of the molecule is CC(=O)[C@H](CC(C)C)N(C)C(=O)[C@@H]1CCCN1C(=O)[C@H](C)OC(=O)[C@H](CCC(N)=O)NC(=O)C1CCCC1. The first-order valence-corrected chi connectivity index (χ1v) is 13.7. The molecule has 0 unspecified atom stereocenters. The Morgan fingerprint density at radius 1 is 1.03 bits per heavy atom. The van der Waals surface area contributed by atoms with Gasteiger partial charge in [0.05, 0.1) is 6.04 Å². The minimum absolute atomic E-state index is 0.0363. The van der Waals surface area contributed by atoms with Crippen molar-refractivity contribution >= 4 is 35.4 Å². The quantitative estimate of drug-likeness (QED) is 0.336. The molecule has 214 valence electrons. The van der Waals surface area contributed by atoms with Gasteiger partial charge in [-0.1, -0.05) is 26.7 Å². The van der Waals surface area contributed by atoms with Gasteiger partial charge in [-0.2, -0.15) is 0 Å². The maximum absolute atomic E-state index is 13.3. The molecule has 1 aliphatic carbocycles. The summed E-state index contributed by atoms with van der Waals surface area (Å²) in [5.41, 5.74) is 5.24. The van der Waals surface area contributed by atoms with Gasteiger partial charge in [0.1, 0.15) is 12.1 Å². The van der Waals surface area contributed by atoms with Crippen LogP contribution in [0.4, 0.5) is 0 Å². The molecule has 2 aliphatic rings. The highest BCUT2D eigenvalue weighted by molar-refractivity contribution is 5.94. The van der Waals surface area contributed by atoms with Crippen molar-refractivity contribution in [3.05, 3.63) is 0 Å². The smallest absolute Gasteiger partial charge is 0.329 e. The van der Waals surface area contributed by atoms with E-state index in [1.54, 1.807) is 7.05 Å². The fraction of sp³-hybridized carbons (Fsp3) is 0.778. The summed E-state index contributed by atoms with van der Waals surface area (Å²) in [6.07, 6.45) is 3.54. The average molecular weight is 537 g/mol. The van der Waals surface area contributed by atoms with Gasteiger partial charge in [0, 0.05) is 25.9 Å². The third kappa shape index (κ3) is 8.52. The highest BCUT2D eigenvalue weighted by Crippen LogP contribution is 2.26. The van der Waals surface area contributed by atoms with E-state index >= 15 is 0 Å². The zero-order valence-electron chi connectivity index (χ0n) is 23.4. The lowest BCUT2D eigenvalue weighted by Gasteiger charge is -2.33. The van der Waals surface area contributed by atoms with E-state index in [9.17, 15) is 28.8 Å². The second-order valence-electron chi connectivity index (χ2n) is 11.0. The number of hydrogen-bond donors (Lipinski definition) is 2. The van der Waals surface area contributed by atoms with Crippen molar-refractivity contribution < 1.29 is 33.5 Å². The van der Waals surface area contributed by atoms with E-state index in [0.29, 0.717) is 25.8 Å². The number of ketones is 1. The van der Waals surface area contributed by atoms with Crippen LogP contribution in [0.15, 0.2) is 0 Å². The number of esters is 1. The van der Waals surface area contributed by atoms with Crippen LogP contribution >= 0.6 is 0 Å². The van der Waals surface area contributed by atoms with Gasteiger partial charge in [-0.25, -0.2) is 4.79 Å². The number of nitrogens with one attached hydrogen (secondary N) is 1. The fourth-order valence-corrected chi connectivity index (χ4v) is 5.27. The van der Waals surface area contributed by atoms with Crippen LogP contribution in [-0.2, 0) is 33.5 Å². The van der Waals surface area contributed by atoms with Crippen LogP contribution in [0.5, 0.6) is 0 Å². The molecule has 38 heavy (non-hydrogen) atoms. The van der Waals surface area contributed by atoms with Crippen molar-refractivity contribution in [3.63, 3.8) is 0 Å². The molecular weight excluding hydrogens is 492 g/mol. The van der Waals surface area contributed by atoms with Crippen molar-refractivity contribution in [3.8, 4) is 0 Å². The van der Waals surface area contributed by atoms with Crippen LogP contribution in [0.3, 0.4) is 0 Å². The molecule has 4 amide bonds. The molecule has 1 saturated carbocycles. The van der Waals surface area contributed by atoms with Crippen molar-refractivity contribution in [2.75, 3.05) is 13.6 Å². The molecule has 0 spiro atoms. The Hall–Kier alpha value is -2.98. The normalized spacial score (nSPS) is 20.1. The number of amides is 4. The second kappa shape index (κ2) is 14.2. The summed E-state index contributed by atoms with van der Waals surface area (Å²) in [5, 5.41) is 2.67. The van der Waals surface area contributed by atoms with Crippen LogP contribution in [0.25, 0.3) is 0 Å². The zero-order chi connectivity index (χ0) is 28.6. The van der Waals surface area contributed by atoms with Gasteiger partial charge in [-0.3, -0.25) is 24.0 Å². The maximum atomic E-state index is 13.3. The van der Waals surface area contributed by atoms with Gasteiger partial charge in [0.25, 0.3) is 5.91 Å². The van der Waals surface area contributed by atoms with Crippen molar-refractivity contribution in [1.82, 2.24) is 15.1 Å². The fourth-order valence-electron chi connectivity index (χ4n) is 5.27. The van der Waals surface area contributed by atoms with Crippen LogP contribution < -0.4 is 11.1 Å². The van der Waals surface area contributed by atoms with Gasteiger partial charge >= 0.3 is 5.97 Å². The number of hydrogen-bond acceptors (Lipinski definition) is 7. The van der Waals surface area contributed by atoms with Crippen molar-refractivity contribution in [2.24, 2.45) is 17.6 Å². The largest absolute Gasteiger partial charge is 0.451 e. The standard InChI is InChI=1S/C27H44N4O7/c1-16(2)15-22(17(3)32)30(5)26(36)21-11-8-14-31(21)25(35)18(4)38-27(37)20(12-13-23(28)33)29-24(34)19-9-6-7-10-19/h16,18-22H,6-15H2,1-5H3,(H2,28,33)(H,29,34)/t18-,20-,21-,22-/m0/s1. The first-order chi connectivity index (χ1) is 17.8. The van der Waals surface area contributed by atoms with Gasteiger partial charge in [0.15, 0.2) is 11.9 Å². The number of carbonyl (C=O) groups is 6. The van der Waals surface area contributed by atoms with Crippen molar-refractivity contribution in [1.29, 1.82) is 0 Å². The Morgan fingerprint density at radius 3 is 2.21 bits per heavy atom. The van der Waals surface area contributed by atoms with E-state index in [4.69, 9.17) is 10.5 Å². The molecule has 0 aromatic carbocycles. The maximum Gasteiger partial charge on any atom is 0.329 e. The Kier molecular flexibility index (Phi) is 11.7. The molecule has 0 bridgehead atoms. The summed E-state index contributed by atoms with van der Waals surface area (Å²) in [7, 11) is 1.58. The van der Waals surface area contributed by atoms with Crippen LogP contribution in [-0.4, -0.2) is 83.0 Å². The number of rotatable bonds is 13. The molecule has 0 aromatic heterocycles. The molecular formula is C27H44N4O7. The monoisotopic (exact) mass is 536 g/mol. The third-order valence-electron chi connectivity index (χ3n) is 7.45. The van der Waals surface area contributed by atoms with Gasteiger partial charge in [0.2, 0.25) is 17.7 Å². The highest BCUT2D eigenvalue weighted by Gasteiger charge is 2.41. The summed E-state index contributed by atoms with van der Waals surface area (Å²) >= 11 is 0. The molecule has 11 heteroatoms. The highest BCUT2D eigenvalue weighted by atomic mass is 16.5. The third-order valence-corrected chi connectivity index (χ3v) is 7.45. The summed E-state index contributed by atoms with van der Waals surface area (Å²) in [4.78, 5) is 78.5. The van der Waals surface area contributed by atoms with Crippen LogP contribution in [0, 0.1) is 11.8 Å². The molecule has 4 atom stereocenters. The van der Waals surface area contributed by atoms with Gasteiger partial charge in [-0.15, -0.1) is 0 Å². The van der Waals surface area contributed by atoms with E-state index in [-0.39, 0.29) is 42.3 Å². The molecule has 1 aliphatic heterocycles. The second-order valence-corrected chi connectivity index (χ2v) is 11.0. The minimum atomic E-state index is -1.21. The minimum Gasteiger partial charge on any atom is -0.451 e. The number of nitrogens with zero attached hydrogens (tertiary/aromatic N) is 2. The van der Waals surface area contributed by atoms with Crippen LogP contribution in [0.2, 0.25) is 0 Å². The molecule has 0 aromatic rings.